The van der Waals surface area contributed by atoms with Gasteiger partial charge in [-0.15, -0.1) is 11.8 Å². The summed E-state index contributed by atoms with van der Waals surface area (Å²) < 4.78 is 0. The van der Waals surface area contributed by atoms with Gasteiger partial charge in [-0.2, -0.15) is 0 Å². The van der Waals surface area contributed by atoms with Gasteiger partial charge in [0.05, 0.1) is 0 Å². The molecule has 1 aliphatic rings. The molecule has 0 aromatic heterocycles. The second-order valence-corrected chi connectivity index (χ2v) is 3.95. The van der Waals surface area contributed by atoms with Crippen molar-refractivity contribution in [3.05, 3.63) is 23.8 Å². The van der Waals surface area contributed by atoms with Gasteiger partial charge in [0.15, 0.2) is 0 Å². The van der Waals surface area contributed by atoms with Gasteiger partial charge in [0, 0.05) is 29.4 Å². The highest BCUT2D eigenvalue weighted by molar-refractivity contribution is 7.99. The Balaban J connectivity index is 2.36. The molecule has 0 amide bonds. The standard InChI is InChI=1S/C9H12N2S/c10-6-7-1-2-9-8(5-7)11-3-4-12-9/h1-2,5,11H,3-4,6,10H2. The Labute approximate surface area is 76.5 Å². The van der Waals surface area contributed by atoms with Crippen LogP contribution < -0.4 is 11.1 Å². The quantitative estimate of drug-likeness (QED) is 0.690. The SMILES string of the molecule is NCc1ccc2c(c1)NCCS2. The summed E-state index contributed by atoms with van der Waals surface area (Å²) in [5.41, 5.74) is 7.99. The molecule has 0 spiro atoms. The lowest BCUT2D eigenvalue weighted by atomic mass is 10.2. The molecular weight excluding hydrogens is 168 g/mol. The molecule has 0 fully saturated rings. The van der Waals surface area contributed by atoms with Crippen molar-refractivity contribution in [2.45, 2.75) is 11.4 Å². The molecule has 2 nitrogen and oxygen atoms in total. The topological polar surface area (TPSA) is 38.0 Å². The fourth-order valence-electron chi connectivity index (χ4n) is 1.31. The number of anilines is 1. The molecule has 0 radical (unpaired) electrons. The summed E-state index contributed by atoms with van der Waals surface area (Å²) in [4.78, 5) is 1.35. The Hall–Kier alpha value is -0.670. The smallest absolute Gasteiger partial charge is 0.0481 e. The van der Waals surface area contributed by atoms with Crippen molar-refractivity contribution < 1.29 is 0 Å². The van der Waals surface area contributed by atoms with Crippen molar-refractivity contribution >= 4 is 17.4 Å². The Kier molecular flexibility index (Phi) is 2.23. The second kappa shape index (κ2) is 3.37. The van der Waals surface area contributed by atoms with Crippen LogP contribution in [0.4, 0.5) is 5.69 Å². The minimum Gasteiger partial charge on any atom is -0.383 e. The van der Waals surface area contributed by atoms with Crippen LogP contribution in [-0.2, 0) is 6.54 Å². The Bertz CT molecular complexity index is 286. The van der Waals surface area contributed by atoms with E-state index in [1.54, 1.807) is 0 Å². The summed E-state index contributed by atoms with van der Waals surface area (Å²) in [6, 6.07) is 6.38. The first kappa shape index (κ1) is 7.95. The third-order valence-corrected chi connectivity index (χ3v) is 3.03. The van der Waals surface area contributed by atoms with Crippen molar-refractivity contribution in [1.82, 2.24) is 0 Å². The number of hydrogen-bond donors (Lipinski definition) is 2. The minimum atomic E-state index is 0.625. The monoisotopic (exact) mass is 180 g/mol. The van der Waals surface area contributed by atoms with Crippen LogP contribution in [0.2, 0.25) is 0 Å². The molecule has 3 heteroatoms. The number of nitrogens with one attached hydrogen (secondary N) is 1. The predicted molar refractivity (Wildman–Crippen MR) is 53.5 cm³/mol. The summed E-state index contributed by atoms with van der Waals surface area (Å²) in [5, 5.41) is 3.36. The van der Waals surface area contributed by atoms with Crippen LogP contribution >= 0.6 is 11.8 Å². The van der Waals surface area contributed by atoms with Crippen LogP contribution in [0.1, 0.15) is 5.56 Å². The van der Waals surface area contributed by atoms with Crippen molar-refractivity contribution in [1.29, 1.82) is 0 Å². The van der Waals surface area contributed by atoms with E-state index in [9.17, 15) is 0 Å². The maximum Gasteiger partial charge on any atom is 0.0481 e. The van der Waals surface area contributed by atoms with Gasteiger partial charge in [-0.05, 0) is 17.7 Å². The Morgan fingerprint density at radius 2 is 2.42 bits per heavy atom. The van der Waals surface area contributed by atoms with Gasteiger partial charge in [-0.25, -0.2) is 0 Å². The van der Waals surface area contributed by atoms with Crippen LogP contribution in [0.25, 0.3) is 0 Å². The van der Waals surface area contributed by atoms with Crippen LogP contribution in [0.15, 0.2) is 23.1 Å². The summed E-state index contributed by atoms with van der Waals surface area (Å²) >= 11 is 1.90. The molecule has 1 aliphatic heterocycles. The molecule has 64 valence electrons. The number of rotatable bonds is 1. The minimum absolute atomic E-state index is 0.625. The first-order chi connectivity index (χ1) is 5.90. The van der Waals surface area contributed by atoms with Crippen molar-refractivity contribution in [3.63, 3.8) is 0 Å². The zero-order valence-electron chi connectivity index (χ0n) is 6.84. The fourth-order valence-corrected chi connectivity index (χ4v) is 2.19. The molecule has 0 unspecified atom stereocenters. The molecular formula is C9H12N2S. The third-order valence-electron chi connectivity index (χ3n) is 1.95. The van der Waals surface area contributed by atoms with Crippen molar-refractivity contribution in [2.24, 2.45) is 5.73 Å². The van der Waals surface area contributed by atoms with Gasteiger partial charge >= 0.3 is 0 Å². The molecule has 0 atom stereocenters. The van der Waals surface area contributed by atoms with Gasteiger partial charge in [-0.1, -0.05) is 6.07 Å². The van der Waals surface area contributed by atoms with Gasteiger partial charge < -0.3 is 11.1 Å². The Morgan fingerprint density at radius 3 is 3.25 bits per heavy atom. The maximum atomic E-state index is 5.55. The lowest BCUT2D eigenvalue weighted by Gasteiger charge is -2.17. The zero-order valence-corrected chi connectivity index (χ0v) is 7.66. The average molecular weight is 180 g/mol. The highest BCUT2D eigenvalue weighted by Crippen LogP contribution is 2.31. The lowest BCUT2D eigenvalue weighted by Crippen LogP contribution is -2.10. The molecule has 12 heavy (non-hydrogen) atoms. The van der Waals surface area contributed by atoms with E-state index in [1.165, 1.54) is 16.1 Å². The summed E-state index contributed by atoms with van der Waals surface area (Å²) in [7, 11) is 0. The number of hydrogen-bond acceptors (Lipinski definition) is 3. The summed E-state index contributed by atoms with van der Waals surface area (Å²) in [6.45, 7) is 1.69. The molecule has 0 bridgehead atoms. The van der Waals surface area contributed by atoms with Crippen LogP contribution in [0, 0.1) is 0 Å². The second-order valence-electron chi connectivity index (χ2n) is 2.81. The molecule has 1 heterocycles. The van der Waals surface area contributed by atoms with E-state index in [0.29, 0.717) is 6.54 Å². The summed E-state index contributed by atoms with van der Waals surface area (Å²) in [5.74, 6) is 1.16. The molecule has 0 saturated heterocycles. The van der Waals surface area contributed by atoms with Crippen molar-refractivity contribution in [2.75, 3.05) is 17.6 Å². The van der Waals surface area contributed by atoms with Gasteiger partial charge in [0.2, 0.25) is 0 Å². The van der Waals surface area contributed by atoms with E-state index in [2.05, 4.69) is 23.5 Å². The highest BCUT2D eigenvalue weighted by atomic mass is 32.2. The number of thioether (sulfide) groups is 1. The fraction of sp³-hybridized carbons (Fsp3) is 0.333. The van der Waals surface area contributed by atoms with Crippen LogP contribution in [0.5, 0.6) is 0 Å². The van der Waals surface area contributed by atoms with E-state index < -0.39 is 0 Å². The third kappa shape index (κ3) is 1.42. The van der Waals surface area contributed by atoms with Crippen LogP contribution in [0.3, 0.4) is 0 Å². The zero-order chi connectivity index (χ0) is 8.39. The van der Waals surface area contributed by atoms with Gasteiger partial charge in [0.1, 0.15) is 0 Å². The molecule has 0 aliphatic carbocycles. The van der Waals surface area contributed by atoms with E-state index in [-0.39, 0.29) is 0 Å². The van der Waals surface area contributed by atoms with E-state index in [0.717, 1.165) is 12.3 Å². The number of benzene rings is 1. The van der Waals surface area contributed by atoms with Gasteiger partial charge in [0.25, 0.3) is 0 Å². The number of nitrogens with two attached hydrogens (primary N) is 1. The van der Waals surface area contributed by atoms with Gasteiger partial charge in [-0.3, -0.25) is 0 Å². The molecule has 0 saturated carbocycles. The highest BCUT2D eigenvalue weighted by Gasteiger charge is 2.08. The lowest BCUT2D eigenvalue weighted by molar-refractivity contribution is 1.06. The molecule has 3 N–H and O–H groups in total. The average Bonchev–Trinajstić information content (AvgIpc) is 2.17. The number of fused-ring (bicyclic) bond motifs is 1. The first-order valence-corrected chi connectivity index (χ1v) is 5.08. The normalized spacial score (nSPS) is 15.1. The largest absolute Gasteiger partial charge is 0.383 e. The van der Waals surface area contributed by atoms with Crippen LogP contribution in [-0.4, -0.2) is 12.3 Å². The predicted octanol–water partition coefficient (Wildman–Crippen LogP) is 1.66. The molecule has 2 rings (SSSR count). The Morgan fingerprint density at radius 1 is 1.50 bits per heavy atom. The maximum absolute atomic E-state index is 5.55. The first-order valence-electron chi connectivity index (χ1n) is 4.10. The van der Waals surface area contributed by atoms with E-state index in [1.807, 2.05) is 11.8 Å². The molecule has 1 aromatic carbocycles. The van der Waals surface area contributed by atoms with Crippen molar-refractivity contribution in [3.8, 4) is 0 Å². The van der Waals surface area contributed by atoms with E-state index in [4.69, 9.17) is 5.73 Å². The summed E-state index contributed by atoms with van der Waals surface area (Å²) in [6.07, 6.45) is 0. The molecule has 1 aromatic rings. The van der Waals surface area contributed by atoms with E-state index >= 15 is 0 Å².